The monoisotopic (exact) mass is 222 g/mol. The Hall–Kier alpha value is -1.09. The van der Waals surface area contributed by atoms with Crippen LogP contribution in [0.5, 0.6) is 0 Å². The lowest BCUT2D eigenvalue weighted by atomic mass is 9.91. The molecule has 16 heavy (non-hydrogen) atoms. The van der Waals surface area contributed by atoms with E-state index in [9.17, 15) is 4.39 Å². The van der Waals surface area contributed by atoms with Gasteiger partial charge in [0.1, 0.15) is 5.82 Å². The molecule has 0 bridgehead atoms. The van der Waals surface area contributed by atoms with E-state index in [0.29, 0.717) is 12.6 Å². The smallest absolute Gasteiger partial charge is 0.123 e. The molecule has 1 aromatic carbocycles. The number of rotatable bonds is 4. The predicted molar refractivity (Wildman–Crippen MR) is 65.2 cm³/mol. The Bertz CT molecular complexity index is 361. The number of nitrogens with zero attached hydrogens (tertiary/aromatic N) is 1. The Labute approximate surface area is 96.2 Å². The summed E-state index contributed by atoms with van der Waals surface area (Å²) in [5.41, 5.74) is 7.72. The van der Waals surface area contributed by atoms with Crippen molar-refractivity contribution in [2.24, 2.45) is 5.73 Å². The zero-order chi connectivity index (χ0) is 11.5. The average Bonchev–Trinajstić information content (AvgIpc) is 2.15. The van der Waals surface area contributed by atoms with Gasteiger partial charge in [0.05, 0.1) is 0 Å². The van der Waals surface area contributed by atoms with Crippen LogP contribution in [0.4, 0.5) is 10.1 Å². The summed E-state index contributed by atoms with van der Waals surface area (Å²) in [6.07, 6.45) is 4.54. The fourth-order valence-electron chi connectivity index (χ4n) is 2.22. The van der Waals surface area contributed by atoms with Gasteiger partial charge in [-0.05, 0) is 56.0 Å². The molecule has 0 amide bonds. The normalized spacial score (nSPS) is 15.9. The van der Waals surface area contributed by atoms with E-state index in [1.165, 1.54) is 25.3 Å². The molecule has 0 spiro atoms. The lowest BCUT2D eigenvalue weighted by Gasteiger charge is -2.37. The fourth-order valence-corrected chi connectivity index (χ4v) is 2.22. The summed E-state index contributed by atoms with van der Waals surface area (Å²) in [7, 11) is 2.09. The number of benzene rings is 1. The van der Waals surface area contributed by atoms with Crippen LogP contribution in [0.2, 0.25) is 0 Å². The topological polar surface area (TPSA) is 29.3 Å². The van der Waals surface area contributed by atoms with E-state index >= 15 is 0 Å². The maximum Gasteiger partial charge on any atom is 0.123 e. The molecular formula is C13H19FN2. The van der Waals surface area contributed by atoms with Crippen molar-refractivity contribution in [1.29, 1.82) is 0 Å². The molecular weight excluding hydrogens is 203 g/mol. The van der Waals surface area contributed by atoms with E-state index in [-0.39, 0.29) is 5.82 Å². The molecule has 1 aliphatic carbocycles. The molecule has 2 nitrogen and oxygen atoms in total. The summed E-state index contributed by atoms with van der Waals surface area (Å²) < 4.78 is 13.2. The molecule has 88 valence electrons. The van der Waals surface area contributed by atoms with Gasteiger partial charge in [-0.25, -0.2) is 4.39 Å². The highest BCUT2D eigenvalue weighted by atomic mass is 19.1. The second-order valence-electron chi connectivity index (χ2n) is 4.51. The SMILES string of the molecule is CN(c1ccc(F)cc1CCN)C1CCC1. The Morgan fingerprint density at radius 1 is 1.44 bits per heavy atom. The second kappa shape index (κ2) is 4.83. The maximum atomic E-state index is 13.2. The molecule has 1 aliphatic rings. The summed E-state index contributed by atoms with van der Waals surface area (Å²) in [6.45, 7) is 0.564. The van der Waals surface area contributed by atoms with Crippen LogP contribution in [0.1, 0.15) is 24.8 Å². The molecule has 0 radical (unpaired) electrons. The van der Waals surface area contributed by atoms with Gasteiger partial charge in [0.15, 0.2) is 0 Å². The minimum absolute atomic E-state index is 0.172. The van der Waals surface area contributed by atoms with E-state index in [2.05, 4.69) is 11.9 Å². The first-order valence-electron chi connectivity index (χ1n) is 5.93. The van der Waals surface area contributed by atoms with Crippen LogP contribution < -0.4 is 10.6 Å². The molecule has 1 fully saturated rings. The number of hydrogen-bond donors (Lipinski definition) is 1. The third-order valence-corrected chi connectivity index (χ3v) is 3.46. The highest BCUT2D eigenvalue weighted by molar-refractivity contribution is 5.54. The van der Waals surface area contributed by atoms with E-state index < -0.39 is 0 Å². The van der Waals surface area contributed by atoms with E-state index in [4.69, 9.17) is 5.73 Å². The quantitative estimate of drug-likeness (QED) is 0.847. The lowest BCUT2D eigenvalue weighted by molar-refractivity contribution is 0.400. The van der Waals surface area contributed by atoms with Crippen molar-refractivity contribution in [3.63, 3.8) is 0 Å². The highest BCUT2D eigenvalue weighted by Crippen LogP contribution is 2.30. The molecule has 0 aliphatic heterocycles. The van der Waals surface area contributed by atoms with Crippen LogP contribution in [-0.2, 0) is 6.42 Å². The third kappa shape index (κ3) is 2.19. The molecule has 2 rings (SSSR count). The van der Waals surface area contributed by atoms with Gasteiger partial charge in [-0.3, -0.25) is 0 Å². The summed E-state index contributed by atoms with van der Waals surface area (Å²) in [6, 6.07) is 5.64. The fraction of sp³-hybridized carbons (Fsp3) is 0.538. The van der Waals surface area contributed by atoms with Crippen LogP contribution in [0.25, 0.3) is 0 Å². The third-order valence-electron chi connectivity index (χ3n) is 3.46. The van der Waals surface area contributed by atoms with Crippen molar-refractivity contribution < 1.29 is 4.39 Å². The van der Waals surface area contributed by atoms with Crippen molar-refractivity contribution in [2.75, 3.05) is 18.5 Å². The van der Waals surface area contributed by atoms with Crippen LogP contribution in [0, 0.1) is 5.82 Å². The van der Waals surface area contributed by atoms with Gasteiger partial charge in [0.2, 0.25) is 0 Å². The highest BCUT2D eigenvalue weighted by Gasteiger charge is 2.23. The van der Waals surface area contributed by atoms with Crippen molar-refractivity contribution in [1.82, 2.24) is 0 Å². The van der Waals surface area contributed by atoms with Crippen molar-refractivity contribution in [2.45, 2.75) is 31.7 Å². The summed E-state index contributed by atoms with van der Waals surface area (Å²) >= 11 is 0. The summed E-state index contributed by atoms with van der Waals surface area (Å²) in [5, 5.41) is 0. The van der Waals surface area contributed by atoms with Crippen LogP contribution >= 0.6 is 0 Å². The minimum atomic E-state index is -0.172. The van der Waals surface area contributed by atoms with Crippen LogP contribution in [0.3, 0.4) is 0 Å². The van der Waals surface area contributed by atoms with Gasteiger partial charge < -0.3 is 10.6 Å². The Morgan fingerprint density at radius 2 is 2.19 bits per heavy atom. The standard InChI is InChI=1S/C13H19FN2/c1-16(12-3-2-4-12)13-6-5-11(14)9-10(13)7-8-15/h5-6,9,12H,2-4,7-8,15H2,1H3. The molecule has 1 aromatic rings. The van der Waals surface area contributed by atoms with E-state index in [0.717, 1.165) is 17.7 Å². The number of halogens is 1. The van der Waals surface area contributed by atoms with Crippen molar-refractivity contribution >= 4 is 5.69 Å². The summed E-state index contributed by atoms with van der Waals surface area (Å²) in [5.74, 6) is -0.172. The molecule has 1 saturated carbocycles. The number of anilines is 1. The molecule has 0 unspecified atom stereocenters. The van der Waals surface area contributed by atoms with Gasteiger partial charge >= 0.3 is 0 Å². The van der Waals surface area contributed by atoms with Crippen LogP contribution in [-0.4, -0.2) is 19.6 Å². The van der Waals surface area contributed by atoms with Gasteiger partial charge in [0.25, 0.3) is 0 Å². The van der Waals surface area contributed by atoms with Crippen molar-refractivity contribution in [3.8, 4) is 0 Å². The van der Waals surface area contributed by atoms with E-state index in [1.807, 2.05) is 6.07 Å². The Balaban J connectivity index is 2.23. The number of nitrogens with two attached hydrogens (primary N) is 1. The first-order valence-corrected chi connectivity index (χ1v) is 5.93. The second-order valence-corrected chi connectivity index (χ2v) is 4.51. The zero-order valence-corrected chi connectivity index (χ0v) is 9.75. The molecule has 0 heterocycles. The van der Waals surface area contributed by atoms with Gasteiger partial charge in [0, 0.05) is 18.8 Å². The van der Waals surface area contributed by atoms with Gasteiger partial charge in [-0.1, -0.05) is 0 Å². The molecule has 0 saturated heterocycles. The van der Waals surface area contributed by atoms with Gasteiger partial charge in [-0.2, -0.15) is 0 Å². The van der Waals surface area contributed by atoms with Crippen LogP contribution in [0.15, 0.2) is 18.2 Å². The Morgan fingerprint density at radius 3 is 2.75 bits per heavy atom. The molecule has 3 heteroatoms. The number of hydrogen-bond acceptors (Lipinski definition) is 2. The molecule has 2 N–H and O–H groups in total. The maximum absolute atomic E-state index is 13.2. The lowest BCUT2D eigenvalue weighted by Crippen LogP contribution is -2.37. The largest absolute Gasteiger partial charge is 0.371 e. The van der Waals surface area contributed by atoms with Crippen molar-refractivity contribution in [3.05, 3.63) is 29.6 Å². The molecule has 0 aromatic heterocycles. The average molecular weight is 222 g/mol. The zero-order valence-electron chi connectivity index (χ0n) is 9.75. The summed E-state index contributed by atoms with van der Waals surface area (Å²) in [4.78, 5) is 2.27. The first-order chi connectivity index (χ1) is 7.72. The Kier molecular flexibility index (Phi) is 3.44. The van der Waals surface area contributed by atoms with Gasteiger partial charge in [-0.15, -0.1) is 0 Å². The minimum Gasteiger partial charge on any atom is -0.371 e. The first kappa shape index (κ1) is 11.4. The van der Waals surface area contributed by atoms with E-state index in [1.54, 1.807) is 6.07 Å². The predicted octanol–water partition coefficient (Wildman–Crippen LogP) is 2.32. The molecule has 0 atom stereocenters.